The standard InChI is InChI=1S/C19H16N4O8S2/c1-2-30-17-14(4-3-9-20-17)18(25)31-11-15(24)22-19-21-10-16(32-19)33(28,29)13-7-5-12(6-8-13)23(26)27/h3-10H,2,11H2,1H3,(H,21,22,24). The maximum absolute atomic E-state index is 12.7. The van der Waals surface area contributed by atoms with E-state index < -0.39 is 33.2 Å². The predicted molar refractivity (Wildman–Crippen MR) is 115 cm³/mol. The second kappa shape index (κ2) is 10.1. The van der Waals surface area contributed by atoms with E-state index in [1.165, 1.54) is 18.3 Å². The van der Waals surface area contributed by atoms with Crippen LogP contribution in [-0.4, -0.2) is 48.4 Å². The summed E-state index contributed by atoms with van der Waals surface area (Å²) in [6, 6.07) is 7.32. The number of hydrogen-bond acceptors (Lipinski definition) is 11. The molecule has 3 rings (SSSR count). The Morgan fingerprint density at radius 2 is 1.91 bits per heavy atom. The molecule has 12 nitrogen and oxygen atoms in total. The fraction of sp³-hybridized carbons (Fsp3) is 0.158. The lowest BCUT2D eigenvalue weighted by Crippen LogP contribution is -2.21. The van der Waals surface area contributed by atoms with Gasteiger partial charge in [-0.15, -0.1) is 0 Å². The summed E-state index contributed by atoms with van der Waals surface area (Å²) >= 11 is 0.678. The van der Waals surface area contributed by atoms with Gasteiger partial charge in [-0.2, -0.15) is 0 Å². The number of thiazole rings is 1. The zero-order valence-corrected chi connectivity index (χ0v) is 18.6. The fourth-order valence-corrected chi connectivity index (χ4v) is 4.92. The molecule has 1 N–H and O–H groups in total. The molecule has 14 heteroatoms. The lowest BCUT2D eigenvalue weighted by Gasteiger charge is -2.08. The van der Waals surface area contributed by atoms with Crippen molar-refractivity contribution in [3.05, 3.63) is 64.5 Å². The molecule has 3 aromatic rings. The quantitative estimate of drug-likeness (QED) is 0.266. The second-order valence-electron chi connectivity index (χ2n) is 6.15. The van der Waals surface area contributed by atoms with Crippen molar-refractivity contribution in [3.8, 4) is 5.88 Å². The summed E-state index contributed by atoms with van der Waals surface area (Å²) in [4.78, 5) is 42.0. The van der Waals surface area contributed by atoms with Crippen molar-refractivity contribution >= 4 is 43.9 Å². The minimum absolute atomic E-state index is 0.0343. The molecule has 0 unspecified atom stereocenters. The van der Waals surface area contributed by atoms with Gasteiger partial charge in [0.15, 0.2) is 11.7 Å². The molecule has 0 aliphatic carbocycles. The summed E-state index contributed by atoms with van der Waals surface area (Å²) in [6.45, 7) is 1.36. The van der Waals surface area contributed by atoms with Crippen molar-refractivity contribution in [1.29, 1.82) is 0 Å². The van der Waals surface area contributed by atoms with E-state index in [4.69, 9.17) is 9.47 Å². The van der Waals surface area contributed by atoms with Crippen LogP contribution < -0.4 is 10.1 Å². The topological polar surface area (TPSA) is 168 Å². The highest BCUT2D eigenvalue weighted by Crippen LogP contribution is 2.29. The van der Waals surface area contributed by atoms with Crippen LogP contribution in [0.3, 0.4) is 0 Å². The molecule has 0 saturated heterocycles. The van der Waals surface area contributed by atoms with E-state index in [0.29, 0.717) is 11.3 Å². The Labute approximate surface area is 191 Å². The van der Waals surface area contributed by atoms with E-state index in [0.717, 1.165) is 30.5 Å². The Kier molecular flexibility index (Phi) is 7.30. The van der Waals surface area contributed by atoms with Crippen LogP contribution in [0.2, 0.25) is 0 Å². The predicted octanol–water partition coefficient (Wildman–Crippen LogP) is 2.47. The van der Waals surface area contributed by atoms with E-state index in [1.807, 2.05) is 0 Å². The molecule has 2 heterocycles. The first-order chi connectivity index (χ1) is 15.7. The molecule has 172 valence electrons. The third-order valence-corrected chi connectivity index (χ3v) is 7.10. The maximum atomic E-state index is 12.7. The summed E-state index contributed by atoms with van der Waals surface area (Å²) in [7, 11) is -3.99. The second-order valence-corrected chi connectivity index (χ2v) is 9.36. The van der Waals surface area contributed by atoms with Crippen LogP contribution in [0, 0.1) is 10.1 Å². The number of anilines is 1. The highest BCUT2D eigenvalue weighted by molar-refractivity contribution is 7.93. The molecule has 0 aliphatic heterocycles. The fourth-order valence-electron chi connectivity index (χ4n) is 2.47. The van der Waals surface area contributed by atoms with Gasteiger partial charge in [-0.05, 0) is 31.2 Å². The normalized spacial score (nSPS) is 10.9. The van der Waals surface area contributed by atoms with Crippen LogP contribution in [0.15, 0.2) is 57.9 Å². The number of esters is 1. The van der Waals surface area contributed by atoms with Crippen LogP contribution in [-0.2, 0) is 19.4 Å². The number of nitro benzene ring substituents is 1. The Morgan fingerprint density at radius 1 is 1.18 bits per heavy atom. The Bertz CT molecular complexity index is 1290. The third-order valence-electron chi connectivity index (χ3n) is 3.96. The zero-order valence-electron chi connectivity index (χ0n) is 17.0. The van der Waals surface area contributed by atoms with Crippen LogP contribution in [0.25, 0.3) is 0 Å². The monoisotopic (exact) mass is 492 g/mol. The van der Waals surface area contributed by atoms with Gasteiger partial charge in [0.1, 0.15) is 9.77 Å². The van der Waals surface area contributed by atoms with E-state index in [-0.39, 0.29) is 38.0 Å². The summed E-state index contributed by atoms with van der Waals surface area (Å²) in [5.41, 5.74) is -0.196. The lowest BCUT2D eigenvalue weighted by molar-refractivity contribution is -0.384. The van der Waals surface area contributed by atoms with Crippen molar-refractivity contribution in [2.45, 2.75) is 16.0 Å². The van der Waals surface area contributed by atoms with Gasteiger partial charge in [0.2, 0.25) is 15.7 Å². The van der Waals surface area contributed by atoms with Gasteiger partial charge in [0, 0.05) is 18.3 Å². The SMILES string of the molecule is CCOc1ncccc1C(=O)OCC(=O)Nc1ncc(S(=O)(=O)c2ccc([N+](=O)[O-])cc2)s1. The molecule has 33 heavy (non-hydrogen) atoms. The number of nitrogens with zero attached hydrogens (tertiary/aromatic N) is 3. The first kappa shape index (κ1) is 23.7. The molecule has 0 fully saturated rings. The summed E-state index contributed by atoms with van der Waals surface area (Å²) in [6.07, 6.45) is 2.49. The number of carbonyl (C=O) groups is 2. The number of nitro groups is 1. The van der Waals surface area contributed by atoms with Crippen LogP contribution in [0.1, 0.15) is 17.3 Å². The Morgan fingerprint density at radius 3 is 2.58 bits per heavy atom. The third kappa shape index (κ3) is 5.67. The molecule has 0 aliphatic rings. The molecule has 0 atom stereocenters. The van der Waals surface area contributed by atoms with Crippen LogP contribution in [0.5, 0.6) is 5.88 Å². The maximum Gasteiger partial charge on any atom is 0.344 e. The molecule has 0 bridgehead atoms. The number of rotatable bonds is 9. The lowest BCUT2D eigenvalue weighted by atomic mass is 10.3. The number of amides is 1. The van der Waals surface area contributed by atoms with Crippen LogP contribution >= 0.6 is 11.3 Å². The minimum atomic E-state index is -3.99. The average Bonchev–Trinajstić information content (AvgIpc) is 3.27. The number of benzene rings is 1. The van der Waals surface area contributed by atoms with Crippen molar-refractivity contribution < 1.29 is 32.4 Å². The molecule has 0 spiro atoms. The number of hydrogen-bond donors (Lipinski definition) is 1. The van der Waals surface area contributed by atoms with Crippen LogP contribution in [0.4, 0.5) is 10.8 Å². The number of carbonyl (C=O) groups excluding carboxylic acids is 2. The zero-order chi connectivity index (χ0) is 24.0. The largest absolute Gasteiger partial charge is 0.477 e. The highest BCUT2D eigenvalue weighted by Gasteiger charge is 2.23. The molecule has 1 aromatic carbocycles. The highest BCUT2D eigenvalue weighted by atomic mass is 32.2. The number of pyridine rings is 1. The van der Waals surface area contributed by atoms with Gasteiger partial charge in [0.05, 0.1) is 22.6 Å². The van der Waals surface area contributed by atoms with E-state index >= 15 is 0 Å². The number of sulfone groups is 1. The van der Waals surface area contributed by atoms with Crippen molar-refractivity contribution in [1.82, 2.24) is 9.97 Å². The number of nitrogens with one attached hydrogen (secondary N) is 1. The first-order valence-corrected chi connectivity index (χ1v) is 11.5. The summed E-state index contributed by atoms with van der Waals surface area (Å²) in [5.74, 6) is -1.48. The van der Waals surface area contributed by atoms with Gasteiger partial charge >= 0.3 is 5.97 Å². The van der Waals surface area contributed by atoms with Crippen molar-refractivity contribution in [2.24, 2.45) is 0 Å². The minimum Gasteiger partial charge on any atom is -0.477 e. The van der Waals surface area contributed by atoms with Crippen molar-refractivity contribution in [2.75, 3.05) is 18.5 Å². The molecule has 1 amide bonds. The summed E-state index contributed by atoms with van der Waals surface area (Å²) in [5, 5.41) is 13.0. The van der Waals surface area contributed by atoms with Gasteiger partial charge in [0.25, 0.3) is 11.6 Å². The van der Waals surface area contributed by atoms with Crippen molar-refractivity contribution in [3.63, 3.8) is 0 Å². The molecular weight excluding hydrogens is 476 g/mol. The smallest absolute Gasteiger partial charge is 0.344 e. The summed E-state index contributed by atoms with van der Waals surface area (Å²) < 4.78 is 35.4. The number of non-ortho nitro benzene ring substituents is 1. The number of aromatic nitrogens is 2. The molecule has 2 aromatic heterocycles. The van der Waals surface area contributed by atoms with Gasteiger partial charge in [-0.1, -0.05) is 11.3 Å². The average molecular weight is 492 g/mol. The van der Waals surface area contributed by atoms with E-state index in [2.05, 4.69) is 15.3 Å². The first-order valence-electron chi connectivity index (χ1n) is 9.22. The number of ether oxygens (including phenoxy) is 2. The molecular formula is C19H16N4O8S2. The Balaban J connectivity index is 1.62. The molecule has 0 saturated carbocycles. The van der Waals surface area contributed by atoms with Gasteiger partial charge in [-0.3, -0.25) is 20.2 Å². The van der Waals surface area contributed by atoms with E-state index in [9.17, 15) is 28.1 Å². The van der Waals surface area contributed by atoms with Gasteiger partial charge in [-0.25, -0.2) is 23.2 Å². The Hall–Kier alpha value is -3.91. The molecule has 0 radical (unpaired) electrons. The van der Waals surface area contributed by atoms with Gasteiger partial charge < -0.3 is 9.47 Å². The van der Waals surface area contributed by atoms with E-state index in [1.54, 1.807) is 6.92 Å².